The first kappa shape index (κ1) is 24.0. The van der Waals surface area contributed by atoms with Crippen molar-refractivity contribution in [1.29, 1.82) is 0 Å². The number of carbonyl (C=O) groups is 2. The second-order valence-corrected chi connectivity index (χ2v) is 8.86. The minimum absolute atomic E-state index is 0.131. The fourth-order valence-electron chi connectivity index (χ4n) is 2.26. The van der Waals surface area contributed by atoms with Crippen LogP contribution in [0.15, 0.2) is 60.7 Å². The third-order valence-corrected chi connectivity index (χ3v) is 4.45. The van der Waals surface area contributed by atoms with Crippen LogP contribution in [0.2, 0.25) is 0 Å². The molecular weight excluding hydrogens is 467 g/mol. The summed E-state index contributed by atoms with van der Waals surface area (Å²) in [5.41, 5.74) is 2.13. The lowest BCUT2D eigenvalue weighted by atomic mass is 10.2. The summed E-state index contributed by atoms with van der Waals surface area (Å²) in [5.74, 6) is -0.638. The van der Waals surface area contributed by atoms with Crippen LogP contribution in [0.4, 0.5) is 11.4 Å². The maximum Gasteiger partial charge on any atom is 0.245 e. The number of benzene rings is 2. The van der Waals surface area contributed by atoms with Crippen LogP contribution >= 0.6 is 47.0 Å². The van der Waals surface area contributed by atoms with Gasteiger partial charge in [-0.15, -0.1) is 0 Å². The highest BCUT2D eigenvalue weighted by atomic mass is 35.6. The van der Waals surface area contributed by atoms with Crippen molar-refractivity contribution in [1.82, 2.24) is 10.6 Å². The van der Waals surface area contributed by atoms with Crippen molar-refractivity contribution in [3.05, 3.63) is 66.2 Å². The Bertz CT molecular complexity index is 916. The number of hydrogen-bond donors (Lipinski definition) is 4. The maximum absolute atomic E-state index is 12.2. The van der Waals surface area contributed by atoms with Gasteiger partial charge in [-0.1, -0.05) is 65.1 Å². The molecule has 0 aromatic heterocycles. The molecule has 2 aromatic rings. The van der Waals surface area contributed by atoms with Gasteiger partial charge in [0.05, 0.1) is 0 Å². The second-order valence-electron chi connectivity index (χ2n) is 6.08. The first-order valence-corrected chi connectivity index (χ1v) is 10.2. The molecule has 0 spiro atoms. The van der Waals surface area contributed by atoms with E-state index in [0.717, 1.165) is 5.56 Å². The second kappa shape index (κ2) is 11.2. The predicted molar refractivity (Wildman–Crippen MR) is 128 cm³/mol. The van der Waals surface area contributed by atoms with Crippen molar-refractivity contribution < 1.29 is 9.59 Å². The Kier molecular flexibility index (Phi) is 8.92. The van der Waals surface area contributed by atoms with Crippen molar-refractivity contribution in [2.45, 2.75) is 16.9 Å². The van der Waals surface area contributed by atoms with Crippen molar-refractivity contribution >= 4 is 81.4 Å². The van der Waals surface area contributed by atoms with Gasteiger partial charge in [0.25, 0.3) is 0 Å². The van der Waals surface area contributed by atoms with Gasteiger partial charge in [0.15, 0.2) is 5.11 Å². The van der Waals surface area contributed by atoms with Gasteiger partial charge in [0, 0.05) is 24.4 Å². The minimum atomic E-state index is -1.86. The summed E-state index contributed by atoms with van der Waals surface area (Å²) in [4.78, 5) is 23.3. The van der Waals surface area contributed by atoms with Crippen LogP contribution in [0.3, 0.4) is 0 Å². The Hall–Kier alpha value is -2.32. The maximum atomic E-state index is 12.2. The highest BCUT2D eigenvalue weighted by molar-refractivity contribution is 7.80. The smallest absolute Gasteiger partial charge is 0.245 e. The van der Waals surface area contributed by atoms with Gasteiger partial charge in [0.1, 0.15) is 6.17 Å². The fourth-order valence-corrected chi connectivity index (χ4v) is 2.83. The molecule has 158 valence electrons. The van der Waals surface area contributed by atoms with Gasteiger partial charge < -0.3 is 21.3 Å². The summed E-state index contributed by atoms with van der Waals surface area (Å²) in [6, 6.07) is 16.1. The third-order valence-electron chi connectivity index (χ3n) is 3.58. The van der Waals surface area contributed by atoms with Gasteiger partial charge >= 0.3 is 0 Å². The van der Waals surface area contributed by atoms with Gasteiger partial charge in [-0.25, -0.2) is 0 Å². The molecule has 10 heteroatoms. The highest BCUT2D eigenvalue weighted by Gasteiger charge is 2.34. The van der Waals surface area contributed by atoms with Gasteiger partial charge in [-0.2, -0.15) is 0 Å². The van der Waals surface area contributed by atoms with E-state index in [-0.39, 0.29) is 11.0 Å². The van der Waals surface area contributed by atoms with E-state index < -0.39 is 15.9 Å². The molecule has 4 N–H and O–H groups in total. The number of rotatable bonds is 6. The number of thiocarbonyl (C=S) groups is 1. The van der Waals surface area contributed by atoms with Crippen LogP contribution in [0.25, 0.3) is 6.08 Å². The summed E-state index contributed by atoms with van der Waals surface area (Å²) in [6.45, 7) is 1.42. The highest BCUT2D eigenvalue weighted by Crippen LogP contribution is 2.29. The minimum Gasteiger partial charge on any atom is -0.339 e. The topological polar surface area (TPSA) is 82.3 Å². The molecule has 2 amide bonds. The molecule has 0 bridgehead atoms. The monoisotopic (exact) mass is 484 g/mol. The predicted octanol–water partition coefficient (Wildman–Crippen LogP) is 4.46. The summed E-state index contributed by atoms with van der Waals surface area (Å²) in [7, 11) is 0. The molecule has 0 aliphatic carbocycles. The Morgan fingerprint density at radius 1 is 0.933 bits per heavy atom. The lowest BCUT2D eigenvalue weighted by Crippen LogP contribution is -2.55. The average Bonchev–Trinajstić information content (AvgIpc) is 2.67. The molecule has 0 aliphatic heterocycles. The molecule has 0 radical (unpaired) electrons. The lowest BCUT2D eigenvalue weighted by Gasteiger charge is -2.27. The van der Waals surface area contributed by atoms with E-state index in [9.17, 15) is 9.59 Å². The molecule has 1 atom stereocenters. The Balaban J connectivity index is 1.96. The number of hydrogen-bond acceptors (Lipinski definition) is 3. The Morgan fingerprint density at radius 2 is 1.50 bits per heavy atom. The summed E-state index contributed by atoms with van der Waals surface area (Å²) in [6.07, 6.45) is 1.88. The first-order valence-electron chi connectivity index (χ1n) is 8.69. The van der Waals surface area contributed by atoms with Crippen molar-refractivity contribution in [2.75, 3.05) is 10.6 Å². The molecule has 2 aromatic carbocycles. The van der Waals surface area contributed by atoms with Crippen LogP contribution in [0.1, 0.15) is 12.5 Å². The van der Waals surface area contributed by atoms with Crippen molar-refractivity contribution in [3.8, 4) is 0 Å². The number of anilines is 2. The molecule has 0 fully saturated rings. The molecule has 0 heterocycles. The zero-order valence-corrected chi connectivity index (χ0v) is 18.9. The van der Waals surface area contributed by atoms with E-state index >= 15 is 0 Å². The van der Waals surface area contributed by atoms with Gasteiger partial charge in [-0.05, 0) is 48.1 Å². The first-order chi connectivity index (χ1) is 14.1. The van der Waals surface area contributed by atoms with Gasteiger partial charge in [-0.3, -0.25) is 9.59 Å². The van der Waals surface area contributed by atoms with E-state index in [4.69, 9.17) is 47.0 Å². The Morgan fingerprint density at radius 3 is 2.03 bits per heavy atom. The van der Waals surface area contributed by atoms with Crippen LogP contribution in [-0.2, 0) is 9.59 Å². The lowest BCUT2D eigenvalue weighted by molar-refractivity contribution is -0.117. The quantitative estimate of drug-likeness (QED) is 0.210. The van der Waals surface area contributed by atoms with Crippen LogP contribution < -0.4 is 21.3 Å². The molecular formula is C20H19Cl3N4O2S. The van der Waals surface area contributed by atoms with E-state index in [1.54, 1.807) is 30.3 Å². The Labute approximate surface area is 195 Å². The fraction of sp³-hybridized carbons (Fsp3) is 0.150. The normalized spacial score (nSPS) is 12.1. The average molecular weight is 486 g/mol. The van der Waals surface area contributed by atoms with Crippen LogP contribution in [0.5, 0.6) is 0 Å². The van der Waals surface area contributed by atoms with Crippen LogP contribution in [0, 0.1) is 0 Å². The molecule has 0 saturated heterocycles. The number of carbonyl (C=O) groups excluding carboxylic acids is 2. The van der Waals surface area contributed by atoms with E-state index in [2.05, 4.69) is 21.3 Å². The molecule has 0 saturated carbocycles. The summed E-state index contributed by atoms with van der Waals surface area (Å²) >= 11 is 23.2. The molecule has 6 nitrogen and oxygen atoms in total. The van der Waals surface area contributed by atoms with E-state index in [0.29, 0.717) is 11.4 Å². The zero-order valence-electron chi connectivity index (χ0n) is 15.8. The standard InChI is InChI=1S/C20H19Cl3N4O2S/c1-13(28)24-15-8-10-16(11-9-15)25-19(30)27-18(20(21,22)23)26-17(29)12-7-14-5-3-2-4-6-14/h2-12,18H,1H3,(H,24,28)(H,26,29)(H2,25,27,30)/b12-7-/t18-/m1/s1. The van der Waals surface area contributed by atoms with E-state index in [1.807, 2.05) is 30.3 Å². The number of amides is 2. The number of halogens is 3. The number of alkyl halides is 3. The van der Waals surface area contributed by atoms with Gasteiger partial charge in [0.2, 0.25) is 15.6 Å². The van der Waals surface area contributed by atoms with E-state index in [1.165, 1.54) is 13.0 Å². The molecule has 0 aliphatic rings. The van der Waals surface area contributed by atoms with Crippen LogP contribution in [-0.4, -0.2) is 26.9 Å². The SMILES string of the molecule is CC(=O)Nc1ccc(NC(=S)N[C@@H](NC(=O)/C=C\c2ccccc2)C(Cl)(Cl)Cl)cc1. The van der Waals surface area contributed by atoms with Crippen molar-refractivity contribution in [3.63, 3.8) is 0 Å². The molecule has 0 unspecified atom stereocenters. The third kappa shape index (κ3) is 8.59. The summed E-state index contributed by atoms with van der Waals surface area (Å²) < 4.78 is -1.86. The summed E-state index contributed by atoms with van der Waals surface area (Å²) in [5, 5.41) is 11.0. The zero-order chi connectivity index (χ0) is 22.1. The molecule has 30 heavy (non-hydrogen) atoms. The largest absolute Gasteiger partial charge is 0.339 e. The van der Waals surface area contributed by atoms with Crippen molar-refractivity contribution in [2.24, 2.45) is 0 Å². The number of nitrogens with one attached hydrogen (secondary N) is 4. The molecule has 2 rings (SSSR count).